The lowest BCUT2D eigenvalue weighted by molar-refractivity contribution is -0.126. The summed E-state index contributed by atoms with van der Waals surface area (Å²) in [6.07, 6.45) is 2.45. The van der Waals surface area contributed by atoms with E-state index in [1.807, 2.05) is 43.3 Å². The number of nitrogens with one attached hydrogen (secondary N) is 1. The summed E-state index contributed by atoms with van der Waals surface area (Å²) in [6.45, 7) is 1.76. The van der Waals surface area contributed by atoms with Crippen LogP contribution in [0.4, 0.5) is 11.4 Å². The average Bonchev–Trinajstić information content (AvgIpc) is 3.22. The Kier molecular flexibility index (Phi) is 5.04. The Hall–Kier alpha value is -2.08. The van der Waals surface area contributed by atoms with Crippen LogP contribution in [0, 0.1) is 5.92 Å². The fourth-order valence-electron chi connectivity index (χ4n) is 3.23. The number of hydrogen-bond acceptors (Lipinski definition) is 4. The normalized spacial score (nSPS) is 23.6. The highest BCUT2D eigenvalue weighted by Gasteiger charge is 2.35. The van der Waals surface area contributed by atoms with Crippen LogP contribution >= 0.6 is 0 Å². The molecule has 1 N–H and O–H groups in total. The molecule has 0 saturated carbocycles. The van der Waals surface area contributed by atoms with E-state index in [1.54, 1.807) is 4.90 Å². The van der Waals surface area contributed by atoms with Crippen LogP contribution in [0.5, 0.6) is 0 Å². The Morgan fingerprint density at radius 3 is 2.71 bits per heavy atom. The van der Waals surface area contributed by atoms with Crippen LogP contribution in [0.3, 0.4) is 0 Å². The van der Waals surface area contributed by atoms with Crippen LogP contribution in [0.15, 0.2) is 24.3 Å². The monoisotopic (exact) mass is 331 g/mol. The number of nitrogens with zero attached hydrogens (tertiary/aromatic N) is 2. The standard InChI is InChI=1S/C18H25N3O3/c1-20(2)14-5-7-15(8-6-14)21-12-13(10-17(21)22)18(23)19-11-16-4-3-9-24-16/h5-8,13,16H,3-4,9-12H2,1-2H3,(H,19,23). The molecule has 2 amide bonds. The second-order valence-electron chi connectivity index (χ2n) is 6.70. The number of ether oxygens (including phenoxy) is 1. The van der Waals surface area contributed by atoms with Crippen molar-refractivity contribution in [2.45, 2.75) is 25.4 Å². The topological polar surface area (TPSA) is 61.9 Å². The number of carbonyl (C=O) groups is 2. The molecule has 1 aromatic carbocycles. The third-order valence-corrected chi connectivity index (χ3v) is 4.70. The van der Waals surface area contributed by atoms with Gasteiger partial charge in [-0.15, -0.1) is 0 Å². The Bertz CT molecular complexity index is 594. The third-order valence-electron chi connectivity index (χ3n) is 4.70. The summed E-state index contributed by atoms with van der Waals surface area (Å²) in [6, 6.07) is 7.82. The van der Waals surface area contributed by atoms with Gasteiger partial charge in [-0.25, -0.2) is 0 Å². The highest BCUT2D eigenvalue weighted by molar-refractivity contribution is 6.00. The van der Waals surface area contributed by atoms with Crippen LogP contribution in [-0.4, -0.2) is 51.7 Å². The van der Waals surface area contributed by atoms with Gasteiger partial charge in [-0.1, -0.05) is 0 Å². The van der Waals surface area contributed by atoms with Gasteiger partial charge in [0, 0.05) is 51.6 Å². The van der Waals surface area contributed by atoms with Crippen LogP contribution in [-0.2, 0) is 14.3 Å². The van der Waals surface area contributed by atoms with Crippen molar-refractivity contribution in [3.8, 4) is 0 Å². The Morgan fingerprint density at radius 2 is 2.08 bits per heavy atom. The minimum atomic E-state index is -0.285. The number of benzene rings is 1. The Balaban J connectivity index is 1.57. The summed E-state index contributed by atoms with van der Waals surface area (Å²) in [5.74, 6) is -0.330. The van der Waals surface area contributed by atoms with E-state index in [2.05, 4.69) is 5.32 Å². The summed E-state index contributed by atoms with van der Waals surface area (Å²) in [5, 5.41) is 2.93. The van der Waals surface area contributed by atoms with Crippen molar-refractivity contribution in [3.63, 3.8) is 0 Å². The second kappa shape index (κ2) is 7.21. The maximum atomic E-state index is 12.3. The number of amides is 2. The molecule has 0 aromatic heterocycles. The molecule has 0 bridgehead atoms. The number of rotatable bonds is 5. The molecule has 2 atom stereocenters. The van der Waals surface area contributed by atoms with Crippen molar-refractivity contribution in [1.82, 2.24) is 5.32 Å². The first-order valence-corrected chi connectivity index (χ1v) is 8.51. The first-order chi connectivity index (χ1) is 11.5. The van der Waals surface area contributed by atoms with Gasteiger partial charge in [-0.2, -0.15) is 0 Å². The van der Waals surface area contributed by atoms with E-state index >= 15 is 0 Å². The number of anilines is 2. The van der Waals surface area contributed by atoms with Gasteiger partial charge in [-0.05, 0) is 37.1 Å². The Labute approximate surface area is 142 Å². The molecule has 0 aliphatic carbocycles. The highest BCUT2D eigenvalue weighted by Crippen LogP contribution is 2.27. The van der Waals surface area contributed by atoms with Crippen molar-refractivity contribution >= 4 is 23.2 Å². The molecular weight excluding hydrogens is 306 g/mol. The summed E-state index contributed by atoms with van der Waals surface area (Å²) >= 11 is 0. The quantitative estimate of drug-likeness (QED) is 0.886. The van der Waals surface area contributed by atoms with E-state index in [0.717, 1.165) is 30.8 Å². The molecular formula is C18H25N3O3. The first kappa shape index (κ1) is 16.8. The van der Waals surface area contributed by atoms with Crippen LogP contribution in [0.25, 0.3) is 0 Å². The third kappa shape index (κ3) is 3.70. The first-order valence-electron chi connectivity index (χ1n) is 8.51. The van der Waals surface area contributed by atoms with Crippen molar-refractivity contribution in [3.05, 3.63) is 24.3 Å². The van der Waals surface area contributed by atoms with E-state index in [0.29, 0.717) is 13.1 Å². The molecule has 2 heterocycles. The zero-order chi connectivity index (χ0) is 17.1. The minimum Gasteiger partial charge on any atom is -0.378 e. The predicted octanol–water partition coefficient (Wildman–Crippen LogP) is 1.40. The van der Waals surface area contributed by atoms with Gasteiger partial charge < -0.3 is 19.9 Å². The van der Waals surface area contributed by atoms with Gasteiger partial charge in [0.2, 0.25) is 11.8 Å². The van der Waals surface area contributed by atoms with Crippen LogP contribution < -0.4 is 15.1 Å². The van der Waals surface area contributed by atoms with Crippen molar-refractivity contribution < 1.29 is 14.3 Å². The minimum absolute atomic E-state index is 0.00451. The van der Waals surface area contributed by atoms with Gasteiger partial charge in [-0.3, -0.25) is 9.59 Å². The summed E-state index contributed by atoms with van der Waals surface area (Å²) < 4.78 is 5.51. The highest BCUT2D eigenvalue weighted by atomic mass is 16.5. The lowest BCUT2D eigenvalue weighted by Gasteiger charge is -2.19. The van der Waals surface area contributed by atoms with Crippen LogP contribution in [0.2, 0.25) is 0 Å². The van der Waals surface area contributed by atoms with Gasteiger partial charge in [0.05, 0.1) is 12.0 Å². The lowest BCUT2D eigenvalue weighted by Crippen LogP contribution is -2.37. The molecule has 2 aliphatic heterocycles. The maximum Gasteiger partial charge on any atom is 0.227 e. The molecule has 0 radical (unpaired) electrons. The van der Waals surface area contributed by atoms with E-state index in [9.17, 15) is 9.59 Å². The van der Waals surface area contributed by atoms with E-state index < -0.39 is 0 Å². The summed E-state index contributed by atoms with van der Waals surface area (Å²) in [7, 11) is 3.95. The average molecular weight is 331 g/mol. The fourth-order valence-corrected chi connectivity index (χ4v) is 3.23. The SMILES string of the molecule is CN(C)c1ccc(N2CC(C(=O)NCC3CCCO3)CC2=O)cc1. The Morgan fingerprint density at radius 1 is 1.33 bits per heavy atom. The molecule has 6 heteroatoms. The van der Waals surface area contributed by atoms with E-state index in [-0.39, 0.29) is 30.3 Å². The van der Waals surface area contributed by atoms with Gasteiger partial charge in [0.15, 0.2) is 0 Å². The molecule has 130 valence electrons. The van der Waals surface area contributed by atoms with Crippen molar-refractivity contribution in [2.75, 3.05) is 43.6 Å². The molecule has 24 heavy (non-hydrogen) atoms. The molecule has 2 unspecified atom stereocenters. The smallest absolute Gasteiger partial charge is 0.227 e. The molecule has 2 fully saturated rings. The van der Waals surface area contributed by atoms with E-state index in [4.69, 9.17) is 4.74 Å². The number of hydrogen-bond donors (Lipinski definition) is 1. The maximum absolute atomic E-state index is 12.3. The zero-order valence-corrected chi connectivity index (χ0v) is 14.3. The molecule has 1 aromatic rings. The fraction of sp³-hybridized carbons (Fsp3) is 0.556. The van der Waals surface area contributed by atoms with Crippen molar-refractivity contribution in [2.24, 2.45) is 5.92 Å². The predicted molar refractivity (Wildman–Crippen MR) is 93.2 cm³/mol. The van der Waals surface area contributed by atoms with Gasteiger partial charge in [0.25, 0.3) is 0 Å². The molecule has 0 spiro atoms. The van der Waals surface area contributed by atoms with Gasteiger partial charge >= 0.3 is 0 Å². The summed E-state index contributed by atoms with van der Waals surface area (Å²) in [4.78, 5) is 28.3. The summed E-state index contributed by atoms with van der Waals surface area (Å²) in [5.41, 5.74) is 1.93. The molecule has 2 saturated heterocycles. The molecule has 6 nitrogen and oxygen atoms in total. The number of carbonyl (C=O) groups excluding carboxylic acids is 2. The van der Waals surface area contributed by atoms with Gasteiger partial charge in [0.1, 0.15) is 0 Å². The second-order valence-corrected chi connectivity index (χ2v) is 6.70. The van der Waals surface area contributed by atoms with E-state index in [1.165, 1.54) is 0 Å². The lowest BCUT2D eigenvalue weighted by atomic mass is 10.1. The van der Waals surface area contributed by atoms with Crippen molar-refractivity contribution in [1.29, 1.82) is 0 Å². The zero-order valence-electron chi connectivity index (χ0n) is 14.3. The largest absolute Gasteiger partial charge is 0.378 e. The van der Waals surface area contributed by atoms with Crippen LogP contribution in [0.1, 0.15) is 19.3 Å². The molecule has 3 rings (SSSR count). The molecule has 2 aliphatic rings.